The van der Waals surface area contributed by atoms with Crippen molar-refractivity contribution in [2.24, 2.45) is 5.41 Å². The van der Waals surface area contributed by atoms with E-state index in [-0.39, 0.29) is 22.2 Å². The molecule has 0 saturated heterocycles. The first-order valence-electron chi connectivity index (χ1n) is 11.0. The van der Waals surface area contributed by atoms with Gasteiger partial charge in [-0.05, 0) is 36.5 Å². The predicted molar refractivity (Wildman–Crippen MR) is 123 cm³/mol. The molecule has 0 amide bonds. The van der Waals surface area contributed by atoms with E-state index in [4.69, 9.17) is 0 Å². The second-order valence-electron chi connectivity index (χ2n) is 9.92. The maximum Gasteiger partial charge on any atom is 0.265 e. The molecule has 4 rings (SSSR count). The summed E-state index contributed by atoms with van der Waals surface area (Å²) >= 11 is 0. The molecule has 1 atom stereocenters. The summed E-state index contributed by atoms with van der Waals surface area (Å²) in [5, 5.41) is -0.202. The molecule has 1 N–H and O–H groups in total. The minimum Gasteiger partial charge on any atom is -0.347 e. The minimum absolute atomic E-state index is 0.115. The van der Waals surface area contributed by atoms with Gasteiger partial charge in [-0.15, -0.1) is 0 Å². The van der Waals surface area contributed by atoms with Crippen LogP contribution < -0.4 is 4.72 Å². The molecule has 184 valence electrons. The van der Waals surface area contributed by atoms with E-state index in [0.29, 0.717) is 35.9 Å². The highest BCUT2D eigenvalue weighted by atomic mass is 32.2. The molecule has 1 fully saturated rings. The summed E-state index contributed by atoms with van der Waals surface area (Å²) < 4.78 is 84.3. The molecule has 1 aromatic carbocycles. The van der Waals surface area contributed by atoms with Crippen LogP contribution >= 0.6 is 0 Å². The van der Waals surface area contributed by atoms with Gasteiger partial charge in [0.05, 0.1) is 10.9 Å². The summed E-state index contributed by atoms with van der Waals surface area (Å²) in [6.07, 6.45) is -1.82. The topological polar surface area (TPSA) is 64.0 Å². The summed E-state index contributed by atoms with van der Waals surface area (Å²) in [7, 11) is -3.87. The number of sulfonamides is 1. The number of rotatable bonds is 8. The Morgan fingerprint density at radius 1 is 1.12 bits per heavy atom. The smallest absolute Gasteiger partial charge is 0.265 e. The molecule has 3 aromatic rings. The first-order valence-corrected chi connectivity index (χ1v) is 12.6. The molecule has 2 aromatic heterocycles. The van der Waals surface area contributed by atoms with Crippen molar-refractivity contribution in [3.05, 3.63) is 53.9 Å². The van der Waals surface area contributed by atoms with Crippen molar-refractivity contribution in [3.8, 4) is 11.3 Å². The monoisotopic (exact) mass is 497 g/mol. The van der Waals surface area contributed by atoms with Gasteiger partial charge in [-0.25, -0.2) is 30.7 Å². The number of fused-ring (bicyclic) bond motifs is 1. The second kappa shape index (κ2) is 8.96. The van der Waals surface area contributed by atoms with Crippen LogP contribution in [0.3, 0.4) is 0 Å². The zero-order chi connectivity index (χ0) is 24.8. The van der Waals surface area contributed by atoms with Crippen molar-refractivity contribution in [2.45, 2.75) is 64.3 Å². The fourth-order valence-corrected chi connectivity index (χ4v) is 5.63. The van der Waals surface area contributed by atoms with Gasteiger partial charge in [0.25, 0.3) is 12.9 Å². The van der Waals surface area contributed by atoms with Crippen LogP contribution in [0.4, 0.5) is 17.6 Å². The molecule has 34 heavy (non-hydrogen) atoms. The SMILES string of the molecule is CC(C)(C)Cn1cc(C(NS(=O)(=O)C2CC2)C(F)F)c2ccc(-c3ncccc3C(F)F)cc21. The van der Waals surface area contributed by atoms with Gasteiger partial charge in [0.1, 0.15) is 6.04 Å². The first-order chi connectivity index (χ1) is 15.9. The molecule has 5 nitrogen and oxygen atoms in total. The molecule has 0 aliphatic heterocycles. The summed E-state index contributed by atoms with van der Waals surface area (Å²) in [5.41, 5.74) is 0.787. The van der Waals surface area contributed by atoms with E-state index in [2.05, 4.69) is 9.71 Å². The maximum absolute atomic E-state index is 14.1. The predicted octanol–water partition coefficient (Wildman–Crippen LogP) is 6.08. The summed E-state index contributed by atoms with van der Waals surface area (Å²) in [6.45, 7) is 6.39. The van der Waals surface area contributed by atoms with Crippen LogP contribution in [0.2, 0.25) is 0 Å². The van der Waals surface area contributed by atoms with E-state index in [1.54, 1.807) is 29.0 Å². The standard InChI is InChI=1S/C24H27F4N3O2S/c1-24(2,3)13-31-12-18(21(23(27)28)30-34(32,33)15-7-8-15)16-9-6-14(11-19(16)31)20-17(22(25)26)5-4-10-29-20/h4-6,9-12,15,21-23,30H,7-8,13H2,1-3H3. The number of benzene rings is 1. The summed E-state index contributed by atoms with van der Waals surface area (Å²) in [6, 6.07) is 5.80. The molecule has 1 aliphatic carbocycles. The highest BCUT2D eigenvalue weighted by Gasteiger charge is 2.40. The van der Waals surface area contributed by atoms with Gasteiger partial charge in [-0.3, -0.25) is 4.98 Å². The Morgan fingerprint density at radius 2 is 1.82 bits per heavy atom. The average molecular weight is 498 g/mol. The Balaban J connectivity index is 1.87. The largest absolute Gasteiger partial charge is 0.347 e. The van der Waals surface area contributed by atoms with Gasteiger partial charge in [-0.1, -0.05) is 32.9 Å². The zero-order valence-electron chi connectivity index (χ0n) is 19.1. The molecule has 1 saturated carbocycles. The van der Waals surface area contributed by atoms with E-state index < -0.39 is 34.2 Å². The van der Waals surface area contributed by atoms with Crippen molar-refractivity contribution in [2.75, 3.05) is 0 Å². The average Bonchev–Trinajstić information content (AvgIpc) is 3.56. The highest BCUT2D eigenvalue weighted by molar-refractivity contribution is 7.90. The zero-order valence-corrected chi connectivity index (χ0v) is 19.9. The van der Waals surface area contributed by atoms with Crippen LogP contribution in [0.5, 0.6) is 0 Å². The molecule has 0 bridgehead atoms. The Labute approximate surface area is 196 Å². The summed E-state index contributed by atoms with van der Waals surface area (Å²) in [4.78, 5) is 4.13. The van der Waals surface area contributed by atoms with E-state index in [9.17, 15) is 26.0 Å². The fraction of sp³-hybridized carbons (Fsp3) is 0.458. The second-order valence-corrected chi connectivity index (χ2v) is 11.9. The molecule has 10 heteroatoms. The fourth-order valence-electron chi connectivity index (χ4n) is 4.09. The molecule has 1 aliphatic rings. The number of pyridine rings is 1. The van der Waals surface area contributed by atoms with Crippen molar-refractivity contribution in [3.63, 3.8) is 0 Å². The van der Waals surface area contributed by atoms with Gasteiger partial charge in [0, 0.05) is 46.5 Å². The van der Waals surface area contributed by atoms with Crippen molar-refractivity contribution in [1.29, 1.82) is 0 Å². The quantitative estimate of drug-likeness (QED) is 0.384. The molecule has 2 heterocycles. The number of nitrogens with one attached hydrogen (secondary N) is 1. The lowest BCUT2D eigenvalue weighted by Crippen LogP contribution is -2.35. The van der Waals surface area contributed by atoms with Gasteiger partial charge in [0.15, 0.2) is 0 Å². The third kappa shape index (κ3) is 5.12. The molecule has 0 radical (unpaired) electrons. The van der Waals surface area contributed by atoms with E-state index >= 15 is 0 Å². The Hall–Kier alpha value is -2.46. The van der Waals surface area contributed by atoms with Crippen molar-refractivity contribution < 1.29 is 26.0 Å². The molecular weight excluding hydrogens is 470 g/mol. The van der Waals surface area contributed by atoms with E-state index in [1.165, 1.54) is 18.3 Å². The summed E-state index contributed by atoms with van der Waals surface area (Å²) in [5.74, 6) is 0. The van der Waals surface area contributed by atoms with E-state index in [1.807, 2.05) is 20.8 Å². The van der Waals surface area contributed by atoms with Crippen LogP contribution in [0.25, 0.3) is 22.2 Å². The van der Waals surface area contributed by atoms with Crippen molar-refractivity contribution in [1.82, 2.24) is 14.3 Å². The number of aromatic nitrogens is 2. The number of hydrogen-bond acceptors (Lipinski definition) is 3. The van der Waals surface area contributed by atoms with Gasteiger partial charge < -0.3 is 4.57 Å². The third-order valence-electron chi connectivity index (χ3n) is 5.75. The molecular formula is C24H27F4N3O2S. The maximum atomic E-state index is 14.1. The van der Waals surface area contributed by atoms with Crippen LogP contribution in [0.15, 0.2) is 42.7 Å². The lowest BCUT2D eigenvalue weighted by atomic mass is 9.97. The van der Waals surface area contributed by atoms with Crippen LogP contribution in [0.1, 0.15) is 57.2 Å². The minimum atomic E-state index is -3.87. The Bertz CT molecular complexity index is 1300. The highest BCUT2D eigenvalue weighted by Crippen LogP contribution is 2.37. The van der Waals surface area contributed by atoms with Crippen LogP contribution in [0, 0.1) is 5.41 Å². The van der Waals surface area contributed by atoms with Crippen LogP contribution in [-0.4, -0.2) is 29.6 Å². The molecule has 1 unspecified atom stereocenters. The number of alkyl halides is 4. The third-order valence-corrected chi connectivity index (χ3v) is 7.68. The van der Waals surface area contributed by atoms with Crippen molar-refractivity contribution >= 4 is 20.9 Å². The number of nitrogens with zero attached hydrogens (tertiary/aromatic N) is 2. The van der Waals surface area contributed by atoms with Crippen LogP contribution in [-0.2, 0) is 16.6 Å². The Morgan fingerprint density at radius 3 is 2.41 bits per heavy atom. The van der Waals surface area contributed by atoms with Gasteiger partial charge >= 0.3 is 0 Å². The van der Waals surface area contributed by atoms with Gasteiger partial charge in [-0.2, -0.15) is 0 Å². The first kappa shape index (κ1) is 24.7. The number of hydrogen-bond donors (Lipinski definition) is 1. The van der Waals surface area contributed by atoms with Gasteiger partial charge in [0.2, 0.25) is 10.0 Å². The van der Waals surface area contributed by atoms with E-state index in [0.717, 1.165) is 0 Å². The lowest BCUT2D eigenvalue weighted by Gasteiger charge is -2.20. The normalized spacial score (nSPS) is 16.0. The number of halogens is 4. The lowest BCUT2D eigenvalue weighted by molar-refractivity contribution is 0.109. The Kier molecular flexibility index (Phi) is 6.50. The molecule has 0 spiro atoms.